The van der Waals surface area contributed by atoms with E-state index in [-0.39, 0.29) is 5.91 Å². The zero-order valence-electron chi connectivity index (χ0n) is 8.53. The van der Waals surface area contributed by atoms with Gasteiger partial charge in [0.1, 0.15) is 0 Å². The van der Waals surface area contributed by atoms with Crippen LogP contribution < -0.4 is 0 Å². The Bertz CT molecular complexity index is 559. The van der Waals surface area contributed by atoms with Crippen molar-refractivity contribution in [2.75, 3.05) is 7.05 Å². The molecule has 15 heavy (non-hydrogen) atoms. The highest BCUT2D eigenvalue weighted by molar-refractivity contribution is 6.10. The fourth-order valence-electron chi connectivity index (χ4n) is 2.22. The van der Waals surface area contributed by atoms with Gasteiger partial charge in [-0.15, -0.1) is 0 Å². The summed E-state index contributed by atoms with van der Waals surface area (Å²) in [6, 6.07) is 12.2. The normalized spacial score (nSPS) is 14.7. The lowest BCUT2D eigenvalue weighted by Gasteiger charge is -2.05. The van der Waals surface area contributed by atoms with Crippen molar-refractivity contribution in [3.63, 3.8) is 0 Å². The van der Waals surface area contributed by atoms with Gasteiger partial charge >= 0.3 is 0 Å². The van der Waals surface area contributed by atoms with E-state index in [0.29, 0.717) is 0 Å². The predicted octanol–water partition coefficient (Wildman–Crippen LogP) is 2.43. The van der Waals surface area contributed by atoms with E-state index in [2.05, 4.69) is 12.1 Å². The van der Waals surface area contributed by atoms with E-state index < -0.39 is 0 Å². The molecule has 3 rings (SSSR count). The number of hydrogen-bond acceptors (Lipinski definition) is 1. The Morgan fingerprint density at radius 1 is 1.13 bits per heavy atom. The zero-order chi connectivity index (χ0) is 10.4. The molecule has 0 unspecified atom stereocenters. The maximum absolute atomic E-state index is 11.9. The van der Waals surface area contributed by atoms with Crippen LogP contribution in [0.1, 0.15) is 15.9 Å². The Kier molecular flexibility index (Phi) is 1.60. The second kappa shape index (κ2) is 2.83. The van der Waals surface area contributed by atoms with Gasteiger partial charge in [-0.2, -0.15) is 0 Å². The summed E-state index contributed by atoms with van der Waals surface area (Å²) in [6.07, 6.45) is 0. The molecule has 74 valence electrons. The minimum Gasteiger partial charge on any atom is -0.337 e. The van der Waals surface area contributed by atoms with Crippen LogP contribution in [0, 0.1) is 0 Å². The summed E-state index contributed by atoms with van der Waals surface area (Å²) in [4.78, 5) is 13.7. The lowest BCUT2D eigenvalue weighted by molar-refractivity contribution is 0.0818. The average molecular weight is 197 g/mol. The molecule has 0 aliphatic carbocycles. The van der Waals surface area contributed by atoms with Gasteiger partial charge in [0.15, 0.2) is 0 Å². The van der Waals surface area contributed by atoms with E-state index in [1.165, 1.54) is 0 Å². The van der Waals surface area contributed by atoms with Crippen molar-refractivity contribution in [1.29, 1.82) is 0 Å². The number of carbonyl (C=O) groups is 1. The van der Waals surface area contributed by atoms with Crippen LogP contribution in [0.5, 0.6) is 0 Å². The van der Waals surface area contributed by atoms with E-state index in [9.17, 15) is 4.79 Å². The first-order chi connectivity index (χ1) is 7.27. The largest absolute Gasteiger partial charge is 0.337 e. The highest BCUT2D eigenvalue weighted by Gasteiger charge is 2.25. The highest BCUT2D eigenvalue weighted by Crippen LogP contribution is 2.29. The maximum Gasteiger partial charge on any atom is 0.254 e. The Morgan fingerprint density at radius 2 is 1.93 bits per heavy atom. The van der Waals surface area contributed by atoms with Crippen molar-refractivity contribution in [3.8, 4) is 0 Å². The van der Waals surface area contributed by atoms with Gasteiger partial charge in [0.25, 0.3) is 5.91 Å². The first-order valence-corrected chi connectivity index (χ1v) is 5.03. The van der Waals surface area contributed by atoms with Crippen LogP contribution in [0.25, 0.3) is 10.8 Å². The number of hydrogen-bond donors (Lipinski definition) is 0. The van der Waals surface area contributed by atoms with E-state index in [0.717, 1.165) is 28.4 Å². The first-order valence-electron chi connectivity index (χ1n) is 5.03. The SMILES string of the molecule is CN1Cc2ccc3ccccc3c2C1=O. The number of nitrogens with zero attached hydrogens (tertiary/aromatic N) is 1. The van der Waals surface area contributed by atoms with Crippen LogP contribution in [-0.4, -0.2) is 17.9 Å². The molecule has 2 nitrogen and oxygen atoms in total. The Labute approximate surface area is 88.1 Å². The topological polar surface area (TPSA) is 20.3 Å². The van der Waals surface area contributed by atoms with E-state index in [1.807, 2.05) is 31.3 Å². The minimum atomic E-state index is 0.141. The third-order valence-corrected chi connectivity index (χ3v) is 2.98. The van der Waals surface area contributed by atoms with Gasteiger partial charge in [-0.25, -0.2) is 0 Å². The number of fused-ring (bicyclic) bond motifs is 3. The van der Waals surface area contributed by atoms with Crippen LogP contribution in [0.2, 0.25) is 0 Å². The third-order valence-electron chi connectivity index (χ3n) is 2.98. The van der Waals surface area contributed by atoms with Gasteiger partial charge in [0, 0.05) is 13.6 Å². The summed E-state index contributed by atoms with van der Waals surface area (Å²) in [7, 11) is 1.84. The van der Waals surface area contributed by atoms with Crippen molar-refractivity contribution >= 4 is 16.7 Å². The molecule has 2 aromatic carbocycles. The van der Waals surface area contributed by atoms with E-state index in [4.69, 9.17) is 0 Å². The van der Waals surface area contributed by atoms with E-state index in [1.54, 1.807) is 4.90 Å². The molecule has 1 amide bonds. The molecular weight excluding hydrogens is 186 g/mol. The summed E-state index contributed by atoms with van der Waals surface area (Å²) in [5, 5.41) is 2.21. The Morgan fingerprint density at radius 3 is 2.80 bits per heavy atom. The number of carbonyl (C=O) groups excluding carboxylic acids is 1. The predicted molar refractivity (Wildman–Crippen MR) is 59.7 cm³/mol. The molecule has 1 aliphatic rings. The number of rotatable bonds is 0. The first kappa shape index (κ1) is 8.48. The molecule has 0 fully saturated rings. The van der Waals surface area contributed by atoms with Crippen LogP contribution in [0.15, 0.2) is 36.4 Å². The summed E-state index contributed by atoms with van der Waals surface area (Å²) in [5.74, 6) is 0.141. The van der Waals surface area contributed by atoms with Crippen LogP contribution in [0.4, 0.5) is 0 Å². The molecular formula is C13H11NO. The molecule has 0 bridgehead atoms. The summed E-state index contributed by atoms with van der Waals surface area (Å²) in [6.45, 7) is 0.735. The summed E-state index contributed by atoms with van der Waals surface area (Å²) >= 11 is 0. The van der Waals surface area contributed by atoms with Crippen molar-refractivity contribution in [2.45, 2.75) is 6.54 Å². The van der Waals surface area contributed by atoms with Crippen molar-refractivity contribution < 1.29 is 4.79 Å². The highest BCUT2D eigenvalue weighted by atomic mass is 16.2. The molecule has 2 aromatic rings. The van der Waals surface area contributed by atoms with Gasteiger partial charge in [-0.1, -0.05) is 36.4 Å². The second-order valence-corrected chi connectivity index (χ2v) is 3.98. The zero-order valence-corrected chi connectivity index (χ0v) is 8.53. The molecule has 0 radical (unpaired) electrons. The van der Waals surface area contributed by atoms with Crippen LogP contribution in [-0.2, 0) is 6.54 Å². The van der Waals surface area contributed by atoms with Gasteiger partial charge in [-0.3, -0.25) is 4.79 Å². The Balaban J connectivity index is 2.41. The van der Waals surface area contributed by atoms with Crippen molar-refractivity contribution in [2.24, 2.45) is 0 Å². The molecule has 0 N–H and O–H groups in total. The smallest absolute Gasteiger partial charge is 0.254 e. The van der Waals surface area contributed by atoms with Gasteiger partial charge in [0.05, 0.1) is 5.56 Å². The third kappa shape index (κ3) is 1.08. The molecule has 1 aliphatic heterocycles. The molecule has 0 spiro atoms. The Hall–Kier alpha value is -1.83. The monoisotopic (exact) mass is 197 g/mol. The summed E-state index contributed by atoms with van der Waals surface area (Å²) in [5.41, 5.74) is 2.02. The fourth-order valence-corrected chi connectivity index (χ4v) is 2.22. The molecule has 2 heteroatoms. The van der Waals surface area contributed by atoms with Crippen LogP contribution >= 0.6 is 0 Å². The maximum atomic E-state index is 11.9. The lowest BCUT2D eigenvalue weighted by atomic mass is 10.0. The van der Waals surface area contributed by atoms with Crippen molar-refractivity contribution in [1.82, 2.24) is 4.90 Å². The minimum absolute atomic E-state index is 0.141. The fraction of sp³-hybridized carbons (Fsp3) is 0.154. The van der Waals surface area contributed by atoms with E-state index >= 15 is 0 Å². The number of amides is 1. The molecule has 0 saturated heterocycles. The van der Waals surface area contributed by atoms with Gasteiger partial charge in [-0.05, 0) is 16.3 Å². The van der Waals surface area contributed by atoms with Crippen molar-refractivity contribution in [3.05, 3.63) is 47.5 Å². The number of benzene rings is 2. The molecule has 0 atom stereocenters. The van der Waals surface area contributed by atoms with Gasteiger partial charge in [0.2, 0.25) is 0 Å². The molecule has 1 heterocycles. The average Bonchev–Trinajstić information content (AvgIpc) is 2.55. The molecule has 0 saturated carbocycles. The van der Waals surface area contributed by atoms with Crippen LogP contribution in [0.3, 0.4) is 0 Å². The lowest BCUT2D eigenvalue weighted by Crippen LogP contribution is -2.17. The second-order valence-electron chi connectivity index (χ2n) is 3.98. The van der Waals surface area contributed by atoms with Gasteiger partial charge < -0.3 is 4.90 Å². The molecule has 0 aromatic heterocycles. The standard InChI is InChI=1S/C13H11NO/c1-14-8-10-7-6-9-4-2-3-5-11(9)12(10)13(14)15/h2-7H,8H2,1H3. The summed E-state index contributed by atoms with van der Waals surface area (Å²) < 4.78 is 0. The quantitative estimate of drug-likeness (QED) is 0.635.